The van der Waals surface area contributed by atoms with Crippen LogP contribution in [0, 0.1) is 11.8 Å². The second kappa shape index (κ2) is 7.23. The van der Waals surface area contributed by atoms with Crippen molar-refractivity contribution in [3.63, 3.8) is 0 Å². The van der Waals surface area contributed by atoms with Crippen LogP contribution in [0.5, 0.6) is 0 Å². The van der Waals surface area contributed by atoms with Crippen molar-refractivity contribution >= 4 is 21.8 Å². The van der Waals surface area contributed by atoms with E-state index in [4.69, 9.17) is 9.47 Å². The summed E-state index contributed by atoms with van der Waals surface area (Å²) in [6.45, 7) is 3.03. The molecule has 1 saturated heterocycles. The molecule has 0 radical (unpaired) electrons. The molecule has 0 amide bonds. The lowest BCUT2D eigenvalue weighted by Crippen LogP contribution is -2.40. The van der Waals surface area contributed by atoms with E-state index in [2.05, 4.69) is 0 Å². The summed E-state index contributed by atoms with van der Waals surface area (Å²) in [7, 11) is -3.58. The molecular weight excluding hydrogens is 346 g/mol. The molecule has 2 atom stereocenters. The van der Waals surface area contributed by atoms with Gasteiger partial charge in [-0.2, -0.15) is 4.31 Å². The van der Waals surface area contributed by atoms with Gasteiger partial charge in [-0.25, -0.2) is 8.42 Å². The van der Waals surface area contributed by atoms with Gasteiger partial charge in [-0.3, -0.25) is 9.59 Å². The number of hydrogen-bond acceptors (Lipinski definition) is 6. The lowest BCUT2D eigenvalue weighted by Gasteiger charge is -2.26. The van der Waals surface area contributed by atoms with Crippen LogP contribution < -0.4 is 0 Å². The van der Waals surface area contributed by atoms with Crippen molar-refractivity contribution in [1.82, 2.24) is 4.31 Å². The second-order valence-electron chi connectivity index (χ2n) is 6.39. The standard InChI is InChI=1S/C17H21NO6S/c1-12-10-15(12)17(20)24-11-16(19)13-2-4-14(5-3-13)25(21,22)18-6-8-23-9-7-18/h2-5,12,15H,6-11H2,1H3/t12-,15+/m1/s1. The Hall–Kier alpha value is -1.77. The normalized spacial score (nSPS) is 23.9. The number of carbonyl (C=O) groups is 2. The van der Waals surface area contributed by atoms with Crippen LogP contribution in [0.1, 0.15) is 23.7 Å². The number of esters is 1. The molecule has 0 bridgehead atoms. The summed E-state index contributed by atoms with van der Waals surface area (Å²) < 4.78 is 36.6. The molecule has 1 aromatic carbocycles. The van der Waals surface area contributed by atoms with E-state index in [1.54, 1.807) is 0 Å². The predicted octanol–water partition coefficient (Wildman–Crippen LogP) is 1.09. The third-order valence-electron chi connectivity index (χ3n) is 4.54. The van der Waals surface area contributed by atoms with Crippen LogP contribution in [0.4, 0.5) is 0 Å². The first-order valence-electron chi connectivity index (χ1n) is 8.27. The molecule has 7 nitrogen and oxygen atoms in total. The van der Waals surface area contributed by atoms with E-state index in [1.165, 1.54) is 28.6 Å². The molecule has 3 rings (SSSR count). The number of benzene rings is 1. The number of sulfonamides is 1. The van der Waals surface area contributed by atoms with Gasteiger partial charge in [0.2, 0.25) is 10.0 Å². The van der Waals surface area contributed by atoms with E-state index in [0.717, 1.165) is 6.42 Å². The highest BCUT2D eigenvalue weighted by Crippen LogP contribution is 2.38. The van der Waals surface area contributed by atoms with E-state index >= 15 is 0 Å². The van der Waals surface area contributed by atoms with Crippen LogP contribution in [0.25, 0.3) is 0 Å². The molecule has 0 N–H and O–H groups in total. The van der Waals surface area contributed by atoms with Crippen LogP contribution in [0.3, 0.4) is 0 Å². The van der Waals surface area contributed by atoms with Gasteiger partial charge in [0.25, 0.3) is 0 Å². The Labute approximate surface area is 147 Å². The Morgan fingerprint density at radius 2 is 1.80 bits per heavy atom. The van der Waals surface area contributed by atoms with Gasteiger partial charge in [0.15, 0.2) is 12.4 Å². The fourth-order valence-electron chi connectivity index (χ4n) is 2.73. The van der Waals surface area contributed by atoms with Crippen LogP contribution in [0.15, 0.2) is 29.2 Å². The van der Waals surface area contributed by atoms with Gasteiger partial charge in [0.1, 0.15) is 0 Å². The third kappa shape index (κ3) is 4.08. The van der Waals surface area contributed by atoms with E-state index < -0.39 is 10.0 Å². The summed E-state index contributed by atoms with van der Waals surface area (Å²) in [4.78, 5) is 23.9. The molecule has 0 spiro atoms. The van der Waals surface area contributed by atoms with Crippen molar-refractivity contribution in [3.8, 4) is 0 Å². The predicted molar refractivity (Wildman–Crippen MR) is 88.6 cm³/mol. The van der Waals surface area contributed by atoms with Gasteiger partial charge in [-0.05, 0) is 36.6 Å². The summed E-state index contributed by atoms with van der Waals surface area (Å²) in [5.41, 5.74) is 0.317. The molecule has 0 unspecified atom stereocenters. The maximum absolute atomic E-state index is 12.5. The number of Topliss-reactive ketones (excluding diaryl/α,β-unsaturated/α-hetero) is 1. The number of hydrogen-bond donors (Lipinski definition) is 0. The van der Waals surface area contributed by atoms with Gasteiger partial charge in [0.05, 0.1) is 24.0 Å². The van der Waals surface area contributed by atoms with Gasteiger partial charge in [0, 0.05) is 18.7 Å². The highest BCUT2D eigenvalue weighted by molar-refractivity contribution is 7.89. The Morgan fingerprint density at radius 1 is 1.20 bits per heavy atom. The molecule has 2 aliphatic rings. The summed E-state index contributed by atoms with van der Waals surface area (Å²) in [6, 6.07) is 5.71. The van der Waals surface area contributed by atoms with Gasteiger partial charge < -0.3 is 9.47 Å². The number of morpholine rings is 1. The van der Waals surface area contributed by atoms with Gasteiger partial charge in [-0.15, -0.1) is 0 Å². The lowest BCUT2D eigenvalue weighted by atomic mass is 10.1. The summed E-state index contributed by atoms with van der Waals surface area (Å²) >= 11 is 0. The first kappa shape index (κ1) is 18.0. The minimum atomic E-state index is -3.58. The fourth-order valence-corrected chi connectivity index (χ4v) is 4.13. The number of rotatable bonds is 6. The molecule has 8 heteroatoms. The molecule has 25 heavy (non-hydrogen) atoms. The SMILES string of the molecule is C[C@@H]1C[C@@H]1C(=O)OCC(=O)c1ccc(S(=O)(=O)N2CCOCC2)cc1. The average Bonchev–Trinajstić information content (AvgIpc) is 3.37. The van der Waals surface area contributed by atoms with Crippen molar-refractivity contribution in [2.45, 2.75) is 18.2 Å². The first-order valence-corrected chi connectivity index (χ1v) is 9.71. The Morgan fingerprint density at radius 3 is 2.36 bits per heavy atom. The molecule has 1 saturated carbocycles. The zero-order valence-electron chi connectivity index (χ0n) is 14.0. The van der Waals surface area contributed by atoms with Crippen molar-refractivity contribution in [2.24, 2.45) is 11.8 Å². The molecule has 1 heterocycles. The maximum Gasteiger partial charge on any atom is 0.309 e. The van der Waals surface area contributed by atoms with E-state index in [-0.39, 0.29) is 29.2 Å². The smallest absolute Gasteiger partial charge is 0.309 e. The molecule has 1 aromatic rings. The van der Waals surface area contributed by atoms with Gasteiger partial charge in [-0.1, -0.05) is 6.92 Å². The summed E-state index contributed by atoms with van der Waals surface area (Å²) in [5.74, 6) is -0.453. The molecular formula is C17H21NO6S. The van der Waals surface area contributed by atoms with Crippen molar-refractivity contribution in [2.75, 3.05) is 32.9 Å². The zero-order chi connectivity index (χ0) is 18.0. The monoisotopic (exact) mass is 367 g/mol. The lowest BCUT2D eigenvalue weighted by molar-refractivity contribution is -0.144. The van der Waals surface area contributed by atoms with Crippen LogP contribution >= 0.6 is 0 Å². The van der Waals surface area contributed by atoms with Crippen LogP contribution in [-0.2, 0) is 24.3 Å². The minimum absolute atomic E-state index is 0.0890. The highest BCUT2D eigenvalue weighted by Gasteiger charge is 2.40. The molecule has 1 aliphatic carbocycles. The Balaban J connectivity index is 1.61. The van der Waals surface area contributed by atoms with E-state index in [9.17, 15) is 18.0 Å². The minimum Gasteiger partial charge on any atom is -0.457 e. The third-order valence-corrected chi connectivity index (χ3v) is 6.45. The van der Waals surface area contributed by atoms with Crippen molar-refractivity contribution in [1.29, 1.82) is 0 Å². The largest absolute Gasteiger partial charge is 0.457 e. The van der Waals surface area contributed by atoms with E-state index in [0.29, 0.717) is 37.8 Å². The van der Waals surface area contributed by atoms with Crippen molar-refractivity contribution < 1.29 is 27.5 Å². The molecule has 0 aromatic heterocycles. The number of ketones is 1. The summed E-state index contributed by atoms with van der Waals surface area (Å²) in [5, 5.41) is 0. The van der Waals surface area contributed by atoms with Crippen LogP contribution in [0.2, 0.25) is 0 Å². The average molecular weight is 367 g/mol. The van der Waals surface area contributed by atoms with E-state index in [1.807, 2.05) is 6.92 Å². The number of nitrogens with zero attached hydrogens (tertiary/aromatic N) is 1. The first-order chi connectivity index (χ1) is 11.9. The molecule has 2 fully saturated rings. The maximum atomic E-state index is 12.5. The number of carbonyl (C=O) groups excluding carboxylic acids is 2. The Bertz CT molecular complexity index is 752. The quantitative estimate of drug-likeness (QED) is 0.552. The number of ether oxygens (including phenoxy) is 2. The highest BCUT2D eigenvalue weighted by atomic mass is 32.2. The molecule has 1 aliphatic heterocycles. The topological polar surface area (TPSA) is 90.0 Å². The van der Waals surface area contributed by atoms with Crippen molar-refractivity contribution in [3.05, 3.63) is 29.8 Å². The molecule has 136 valence electrons. The Kier molecular flexibility index (Phi) is 5.21. The van der Waals surface area contributed by atoms with Gasteiger partial charge >= 0.3 is 5.97 Å². The summed E-state index contributed by atoms with van der Waals surface area (Å²) in [6.07, 6.45) is 0.807. The fraction of sp³-hybridized carbons (Fsp3) is 0.529. The zero-order valence-corrected chi connectivity index (χ0v) is 14.8. The second-order valence-corrected chi connectivity index (χ2v) is 8.33. The van der Waals surface area contributed by atoms with Crippen LogP contribution in [-0.4, -0.2) is 57.4 Å².